The Bertz CT molecular complexity index is 286. The first-order chi connectivity index (χ1) is 8.68. The van der Waals surface area contributed by atoms with E-state index in [1.165, 1.54) is 25.7 Å². The summed E-state index contributed by atoms with van der Waals surface area (Å²) < 4.78 is 0. The fraction of sp³-hybridized carbons (Fsp3) is 0.929. The van der Waals surface area contributed by atoms with Gasteiger partial charge < -0.3 is 15.3 Å². The quantitative estimate of drug-likeness (QED) is 0.804. The molecule has 2 fully saturated rings. The number of rotatable bonds is 4. The lowest BCUT2D eigenvalue weighted by Crippen LogP contribution is -2.58. The van der Waals surface area contributed by atoms with E-state index in [4.69, 9.17) is 0 Å². The average molecular weight is 254 g/mol. The third-order valence-corrected chi connectivity index (χ3v) is 4.56. The summed E-state index contributed by atoms with van der Waals surface area (Å²) in [4.78, 5) is 14.1. The zero-order chi connectivity index (χ0) is 13.0. The first-order valence-electron chi connectivity index (χ1n) is 7.40. The minimum atomic E-state index is -0.672. The summed E-state index contributed by atoms with van der Waals surface area (Å²) in [6.07, 6.45) is 7.63. The molecular formula is C14H26N2O2. The Hall–Kier alpha value is -0.610. The SMILES string of the molecule is CCNC1(C(=O)O)CCCC(N2CCCCC2)C1. The van der Waals surface area contributed by atoms with Gasteiger partial charge in [0.25, 0.3) is 0 Å². The molecule has 2 unspecified atom stereocenters. The molecule has 0 spiro atoms. The van der Waals surface area contributed by atoms with E-state index in [0.717, 1.165) is 38.9 Å². The van der Waals surface area contributed by atoms with Crippen molar-refractivity contribution in [3.05, 3.63) is 0 Å². The summed E-state index contributed by atoms with van der Waals surface area (Å²) in [6.45, 7) is 5.05. The molecule has 0 amide bonds. The Morgan fingerprint density at radius 1 is 1.33 bits per heavy atom. The summed E-state index contributed by atoms with van der Waals surface area (Å²) in [6, 6.07) is 0.467. The number of piperidine rings is 1. The van der Waals surface area contributed by atoms with E-state index in [-0.39, 0.29) is 0 Å². The molecule has 4 heteroatoms. The van der Waals surface area contributed by atoms with E-state index in [1.54, 1.807) is 0 Å². The van der Waals surface area contributed by atoms with Gasteiger partial charge in [-0.1, -0.05) is 13.3 Å². The highest BCUT2D eigenvalue weighted by molar-refractivity contribution is 5.79. The van der Waals surface area contributed by atoms with Crippen LogP contribution in [0.4, 0.5) is 0 Å². The molecule has 0 radical (unpaired) electrons. The Morgan fingerprint density at radius 2 is 2.06 bits per heavy atom. The van der Waals surface area contributed by atoms with Gasteiger partial charge in [0.05, 0.1) is 0 Å². The number of carboxylic acids is 1. The number of nitrogens with zero attached hydrogens (tertiary/aromatic N) is 1. The zero-order valence-electron chi connectivity index (χ0n) is 11.5. The van der Waals surface area contributed by atoms with Gasteiger partial charge in [0.15, 0.2) is 0 Å². The number of carboxylic acid groups (broad SMARTS) is 1. The number of likely N-dealkylation sites (tertiary alicyclic amines) is 1. The second-order valence-corrected chi connectivity index (χ2v) is 5.76. The molecule has 0 aromatic rings. The minimum absolute atomic E-state index is 0.467. The van der Waals surface area contributed by atoms with Crippen molar-refractivity contribution in [1.29, 1.82) is 0 Å². The molecule has 2 aliphatic rings. The van der Waals surface area contributed by atoms with Gasteiger partial charge in [-0.05, 0) is 58.2 Å². The van der Waals surface area contributed by atoms with Crippen LogP contribution in [0, 0.1) is 0 Å². The molecule has 2 N–H and O–H groups in total. The molecule has 1 aliphatic heterocycles. The van der Waals surface area contributed by atoms with Crippen molar-refractivity contribution in [2.45, 2.75) is 63.5 Å². The van der Waals surface area contributed by atoms with E-state index in [2.05, 4.69) is 10.2 Å². The highest BCUT2D eigenvalue weighted by atomic mass is 16.4. The van der Waals surface area contributed by atoms with Gasteiger partial charge in [-0.15, -0.1) is 0 Å². The molecule has 2 rings (SSSR count). The molecule has 0 aromatic carbocycles. The van der Waals surface area contributed by atoms with Gasteiger partial charge in [0.1, 0.15) is 5.54 Å². The molecule has 18 heavy (non-hydrogen) atoms. The van der Waals surface area contributed by atoms with Crippen molar-refractivity contribution in [2.24, 2.45) is 0 Å². The van der Waals surface area contributed by atoms with Crippen molar-refractivity contribution >= 4 is 5.97 Å². The second kappa shape index (κ2) is 6.02. The number of aliphatic carboxylic acids is 1. The lowest BCUT2D eigenvalue weighted by Gasteiger charge is -2.44. The van der Waals surface area contributed by atoms with Crippen molar-refractivity contribution in [1.82, 2.24) is 10.2 Å². The molecular weight excluding hydrogens is 228 g/mol. The second-order valence-electron chi connectivity index (χ2n) is 5.76. The third kappa shape index (κ3) is 2.86. The number of hydrogen-bond donors (Lipinski definition) is 2. The predicted molar refractivity (Wildman–Crippen MR) is 71.7 cm³/mol. The summed E-state index contributed by atoms with van der Waals surface area (Å²) in [7, 11) is 0. The molecule has 104 valence electrons. The van der Waals surface area contributed by atoms with Gasteiger partial charge >= 0.3 is 5.97 Å². The van der Waals surface area contributed by atoms with Gasteiger partial charge in [-0.25, -0.2) is 0 Å². The number of hydrogen-bond acceptors (Lipinski definition) is 3. The van der Waals surface area contributed by atoms with E-state index in [9.17, 15) is 9.90 Å². The number of carbonyl (C=O) groups is 1. The molecule has 4 nitrogen and oxygen atoms in total. The van der Waals surface area contributed by atoms with Crippen LogP contribution in [0.2, 0.25) is 0 Å². The zero-order valence-corrected chi connectivity index (χ0v) is 11.5. The average Bonchev–Trinajstić information content (AvgIpc) is 2.40. The third-order valence-electron chi connectivity index (χ3n) is 4.56. The largest absolute Gasteiger partial charge is 0.480 e. The molecule has 2 atom stereocenters. The van der Waals surface area contributed by atoms with Crippen LogP contribution in [0.25, 0.3) is 0 Å². The Kier molecular flexibility index (Phi) is 4.62. The van der Waals surface area contributed by atoms with Crippen LogP contribution < -0.4 is 5.32 Å². The van der Waals surface area contributed by atoms with Crippen molar-refractivity contribution in [3.8, 4) is 0 Å². The maximum absolute atomic E-state index is 11.6. The van der Waals surface area contributed by atoms with Crippen LogP contribution in [-0.2, 0) is 4.79 Å². The van der Waals surface area contributed by atoms with Crippen molar-refractivity contribution in [2.75, 3.05) is 19.6 Å². The lowest BCUT2D eigenvalue weighted by molar-refractivity contribution is -0.147. The fourth-order valence-electron chi connectivity index (χ4n) is 3.61. The standard InChI is InChI=1S/C14H26N2O2/c1-2-15-14(13(17)18)8-6-7-12(11-14)16-9-4-3-5-10-16/h12,15H,2-11H2,1H3,(H,17,18). The van der Waals surface area contributed by atoms with E-state index >= 15 is 0 Å². The molecule has 1 heterocycles. The molecule has 1 saturated carbocycles. The fourth-order valence-corrected chi connectivity index (χ4v) is 3.61. The summed E-state index contributed by atoms with van der Waals surface area (Å²) in [5, 5.41) is 12.8. The normalized spacial score (nSPS) is 34.4. The van der Waals surface area contributed by atoms with Crippen LogP contribution in [-0.4, -0.2) is 47.2 Å². The first kappa shape index (κ1) is 13.8. The number of nitrogens with one attached hydrogen (secondary N) is 1. The lowest BCUT2D eigenvalue weighted by atomic mass is 9.78. The van der Waals surface area contributed by atoms with Gasteiger partial charge in [-0.2, -0.15) is 0 Å². The molecule has 1 aliphatic carbocycles. The van der Waals surface area contributed by atoms with Crippen LogP contribution in [0.15, 0.2) is 0 Å². The smallest absolute Gasteiger partial charge is 0.323 e. The van der Waals surface area contributed by atoms with E-state index < -0.39 is 11.5 Å². The molecule has 0 aromatic heterocycles. The van der Waals surface area contributed by atoms with E-state index in [1.807, 2.05) is 6.92 Å². The van der Waals surface area contributed by atoms with Gasteiger partial charge in [0, 0.05) is 6.04 Å². The number of likely N-dealkylation sites (N-methyl/N-ethyl adjacent to an activating group) is 1. The molecule has 1 saturated heterocycles. The minimum Gasteiger partial charge on any atom is -0.480 e. The monoisotopic (exact) mass is 254 g/mol. The molecule has 0 bridgehead atoms. The summed E-state index contributed by atoms with van der Waals surface area (Å²) in [5.74, 6) is -0.661. The predicted octanol–water partition coefficient (Wildman–Crippen LogP) is 1.85. The van der Waals surface area contributed by atoms with E-state index in [0.29, 0.717) is 6.04 Å². The van der Waals surface area contributed by atoms with Crippen LogP contribution in [0.5, 0.6) is 0 Å². The summed E-state index contributed by atoms with van der Waals surface area (Å²) in [5.41, 5.74) is -0.672. The van der Waals surface area contributed by atoms with Crippen LogP contribution in [0.1, 0.15) is 51.9 Å². The maximum atomic E-state index is 11.6. The Balaban J connectivity index is 2.03. The van der Waals surface area contributed by atoms with Crippen molar-refractivity contribution < 1.29 is 9.90 Å². The topological polar surface area (TPSA) is 52.6 Å². The Labute approximate surface area is 110 Å². The summed E-state index contributed by atoms with van der Waals surface area (Å²) >= 11 is 0. The van der Waals surface area contributed by atoms with Crippen molar-refractivity contribution in [3.63, 3.8) is 0 Å². The highest BCUT2D eigenvalue weighted by Gasteiger charge is 2.43. The van der Waals surface area contributed by atoms with Gasteiger partial charge in [-0.3, -0.25) is 4.79 Å². The van der Waals surface area contributed by atoms with Crippen LogP contribution in [0.3, 0.4) is 0 Å². The van der Waals surface area contributed by atoms with Gasteiger partial charge in [0.2, 0.25) is 0 Å². The highest BCUT2D eigenvalue weighted by Crippen LogP contribution is 2.32. The Morgan fingerprint density at radius 3 is 2.67 bits per heavy atom. The van der Waals surface area contributed by atoms with Crippen LogP contribution >= 0.6 is 0 Å². The maximum Gasteiger partial charge on any atom is 0.323 e. The first-order valence-corrected chi connectivity index (χ1v) is 7.40.